The van der Waals surface area contributed by atoms with Gasteiger partial charge in [0.05, 0.1) is 26.3 Å². The number of hydrogen-bond donors (Lipinski definition) is 2. The Morgan fingerprint density at radius 2 is 2.08 bits per heavy atom. The third-order valence-corrected chi connectivity index (χ3v) is 3.99. The molecule has 0 radical (unpaired) electrons. The largest absolute Gasteiger partial charge is 0.496 e. The first-order chi connectivity index (χ1) is 12.0. The van der Waals surface area contributed by atoms with Gasteiger partial charge in [0.2, 0.25) is 0 Å². The van der Waals surface area contributed by atoms with E-state index in [2.05, 4.69) is 10.3 Å². The van der Waals surface area contributed by atoms with E-state index in [1.54, 1.807) is 18.2 Å². The summed E-state index contributed by atoms with van der Waals surface area (Å²) in [5.41, 5.74) is 2.75. The smallest absolute Gasteiger partial charge is 0.318 e. The number of aromatic nitrogens is 1. The van der Waals surface area contributed by atoms with Crippen LogP contribution in [0.1, 0.15) is 29.8 Å². The number of nitrogens with zero attached hydrogens (tertiary/aromatic N) is 2. The Morgan fingerprint density at radius 1 is 1.32 bits per heavy atom. The molecular formula is C19H25N3O3. The van der Waals surface area contributed by atoms with E-state index in [1.165, 1.54) is 0 Å². The SMILES string of the molecule is COc1ccccc1CN(CCO)C(=O)N[C@@H](C)c1ccc(C)nc1. The minimum Gasteiger partial charge on any atom is -0.496 e. The monoisotopic (exact) mass is 343 g/mol. The molecule has 0 fully saturated rings. The van der Waals surface area contributed by atoms with Crippen molar-refractivity contribution in [2.75, 3.05) is 20.3 Å². The van der Waals surface area contributed by atoms with Crippen LogP contribution in [0.25, 0.3) is 0 Å². The van der Waals surface area contributed by atoms with Crippen LogP contribution in [0.3, 0.4) is 0 Å². The molecule has 2 N–H and O–H groups in total. The van der Waals surface area contributed by atoms with Crippen molar-refractivity contribution in [2.45, 2.75) is 26.4 Å². The highest BCUT2D eigenvalue weighted by Crippen LogP contribution is 2.20. The van der Waals surface area contributed by atoms with Crippen LogP contribution in [-0.4, -0.2) is 41.3 Å². The lowest BCUT2D eigenvalue weighted by Crippen LogP contribution is -2.42. The van der Waals surface area contributed by atoms with E-state index in [0.29, 0.717) is 12.3 Å². The number of aliphatic hydroxyl groups excluding tert-OH is 1. The predicted molar refractivity (Wildman–Crippen MR) is 96.4 cm³/mol. The molecule has 0 saturated carbocycles. The maximum absolute atomic E-state index is 12.6. The van der Waals surface area contributed by atoms with Crippen molar-refractivity contribution in [3.8, 4) is 5.75 Å². The Labute approximate surface area is 148 Å². The van der Waals surface area contributed by atoms with Crippen molar-refractivity contribution in [3.63, 3.8) is 0 Å². The van der Waals surface area contributed by atoms with Gasteiger partial charge in [-0.25, -0.2) is 4.79 Å². The van der Waals surface area contributed by atoms with Gasteiger partial charge in [0.1, 0.15) is 5.75 Å². The molecule has 0 spiro atoms. The van der Waals surface area contributed by atoms with E-state index in [9.17, 15) is 9.90 Å². The summed E-state index contributed by atoms with van der Waals surface area (Å²) in [4.78, 5) is 18.5. The molecular weight excluding hydrogens is 318 g/mol. The van der Waals surface area contributed by atoms with Gasteiger partial charge < -0.3 is 20.1 Å². The van der Waals surface area contributed by atoms with Crippen LogP contribution in [0, 0.1) is 6.92 Å². The van der Waals surface area contributed by atoms with Gasteiger partial charge in [-0.05, 0) is 31.5 Å². The lowest BCUT2D eigenvalue weighted by molar-refractivity contribution is 0.171. The standard InChI is InChI=1S/C19H25N3O3/c1-14-8-9-16(12-20-14)15(2)21-19(24)22(10-11-23)13-17-6-4-5-7-18(17)25-3/h4-9,12,15,23H,10-11,13H2,1-3H3,(H,21,24)/t15-/m0/s1. The first-order valence-electron chi connectivity index (χ1n) is 8.26. The maximum atomic E-state index is 12.6. The molecule has 0 aliphatic carbocycles. The van der Waals surface area contributed by atoms with Crippen molar-refractivity contribution in [1.82, 2.24) is 15.2 Å². The predicted octanol–water partition coefficient (Wildman–Crippen LogP) is 2.66. The van der Waals surface area contributed by atoms with Crippen LogP contribution in [0.15, 0.2) is 42.6 Å². The fourth-order valence-corrected chi connectivity index (χ4v) is 2.51. The van der Waals surface area contributed by atoms with Gasteiger partial charge in [-0.3, -0.25) is 4.98 Å². The molecule has 0 bridgehead atoms. The van der Waals surface area contributed by atoms with Gasteiger partial charge in [-0.15, -0.1) is 0 Å². The number of aliphatic hydroxyl groups is 1. The number of rotatable bonds is 7. The molecule has 25 heavy (non-hydrogen) atoms. The molecule has 1 atom stereocenters. The second kappa shape index (κ2) is 9.03. The Balaban J connectivity index is 2.08. The zero-order valence-electron chi connectivity index (χ0n) is 14.9. The second-order valence-corrected chi connectivity index (χ2v) is 5.86. The summed E-state index contributed by atoms with van der Waals surface area (Å²) in [6.07, 6.45) is 1.76. The minimum absolute atomic E-state index is 0.108. The molecule has 0 saturated heterocycles. The molecule has 6 nitrogen and oxygen atoms in total. The van der Waals surface area contributed by atoms with E-state index in [4.69, 9.17) is 4.74 Å². The quantitative estimate of drug-likeness (QED) is 0.810. The summed E-state index contributed by atoms with van der Waals surface area (Å²) < 4.78 is 5.34. The van der Waals surface area contributed by atoms with Crippen LogP contribution in [0.2, 0.25) is 0 Å². The van der Waals surface area contributed by atoms with Crippen molar-refractivity contribution in [1.29, 1.82) is 0 Å². The number of benzene rings is 1. The lowest BCUT2D eigenvalue weighted by atomic mass is 10.1. The summed E-state index contributed by atoms with van der Waals surface area (Å²) in [7, 11) is 1.60. The van der Waals surface area contributed by atoms with Gasteiger partial charge in [0.25, 0.3) is 0 Å². The summed E-state index contributed by atoms with van der Waals surface area (Å²) in [6.45, 7) is 4.31. The van der Waals surface area contributed by atoms with Crippen LogP contribution in [0.5, 0.6) is 5.75 Å². The zero-order valence-corrected chi connectivity index (χ0v) is 14.9. The number of carbonyl (C=O) groups is 1. The highest BCUT2D eigenvalue weighted by Gasteiger charge is 2.18. The number of nitrogens with one attached hydrogen (secondary N) is 1. The zero-order chi connectivity index (χ0) is 18.2. The number of carbonyl (C=O) groups excluding carboxylic acids is 1. The lowest BCUT2D eigenvalue weighted by Gasteiger charge is -2.25. The van der Waals surface area contributed by atoms with E-state index in [-0.39, 0.29) is 25.2 Å². The van der Waals surface area contributed by atoms with Gasteiger partial charge in [0.15, 0.2) is 0 Å². The fraction of sp³-hybridized carbons (Fsp3) is 0.368. The van der Waals surface area contributed by atoms with Gasteiger partial charge in [-0.2, -0.15) is 0 Å². The number of pyridine rings is 1. The fourth-order valence-electron chi connectivity index (χ4n) is 2.51. The molecule has 0 aliphatic heterocycles. The molecule has 1 aromatic carbocycles. The third-order valence-electron chi connectivity index (χ3n) is 3.99. The molecule has 2 aromatic rings. The highest BCUT2D eigenvalue weighted by molar-refractivity contribution is 5.74. The van der Waals surface area contributed by atoms with E-state index >= 15 is 0 Å². The minimum atomic E-state index is -0.243. The maximum Gasteiger partial charge on any atom is 0.318 e. The van der Waals surface area contributed by atoms with Gasteiger partial charge >= 0.3 is 6.03 Å². The number of amides is 2. The number of para-hydroxylation sites is 1. The van der Waals surface area contributed by atoms with Crippen molar-refractivity contribution >= 4 is 6.03 Å². The van der Waals surface area contributed by atoms with Crippen LogP contribution < -0.4 is 10.1 Å². The van der Waals surface area contributed by atoms with Crippen LogP contribution in [-0.2, 0) is 6.54 Å². The molecule has 134 valence electrons. The van der Waals surface area contributed by atoms with Gasteiger partial charge in [-0.1, -0.05) is 24.3 Å². The number of methoxy groups -OCH3 is 1. The molecule has 2 rings (SSSR count). The second-order valence-electron chi connectivity index (χ2n) is 5.86. The normalized spacial score (nSPS) is 11.7. The first kappa shape index (κ1) is 18.7. The number of ether oxygens (including phenoxy) is 1. The number of hydrogen-bond acceptors (Lipinski definition) is 4. The Kier molecular flexibility index (Phi) is 6.77. The average Bonchev–Trinajstić information content (AvgIpc) is 2.62. The summed E-state index contributed by atoms with van der Waals surface area (Å²) in [5, 5.41) is 12.3. The number of aryl methyl sites for hydroxylation is 1. The first-order valence-corrected chi connectivity index (χ1v) is 8.26. The number of urea groups is 1. The Morgan fingerprint density at radius 3 is 2.72 bits per heavy atom. The highest BCUT2D eigenvalue weighted by atomic mass is 16.5. The summed E-state index contributed by atoms with van der Waals surface area (Å²) in [6, 6.07) is 11.0. The van der Waals surface area contributed by atoms with E-state index in [1.807, 2.05) is 50.2 Å². The van der Waals surface area contributed by atoms with Crippen molar-refractivity contribution in [2.24, 2.45) is 0 Å². The molecule has 2 amide bonds. The van der Waals surface area contributed by atoms with Gasteiger partial charge in [0, 0.05) is 24.0 Å². The summed E-state index contributed by atoms with van der Waals surface area (Å²) >= 11 is 0. The molecule has 6 heteroatoms. The van der Waals surface area contributed by atoms with Crippen molar-refractivity contribution < 1.29 is 14.6 Å². The van der Waals surface area contributed by atoms with Crippen LogP contribution >= 0.6 is 0 Å². The summed E-state index contributed by atoms with van der Waals surface area (Å²) in [5.74, 6) is 0.717. The molecule has 0 unspecified atom stereocenters. The Bertz CT molecular complexity index is 689. The van der Waals surface area contributed by atoms with E-state index < -0.39 is 0 Å². The van der Waals surface area contributed by atoms with Crippen molar-refractivity contribution in [3.05, 3.63) is 59.4 Å². The molecule has 1 heterocycles. The van der Waals surface area contributed by atoms with E-state index in [0.717, 1.165) is 16.8 Å². The molecule has 1 aromatic heterocycles. The topological polar surface area (TPSA) is 74.7 Å². The third kappa shape index (κ3) is 5.19. The van der Waals surface area contributed by atoms with Crippen LogP contribution in [0.4, 0.5) is 4.79 Å². The average molecular weight is 343 g/mol. The molecule has 0 aliphatic rings. The Hall–Kier alpha value is -2.60.